The van der Waals surface area contributed by atoms with Gasteiger partial charge in [0, 0.05) is 25.2 Å². The van der Waals surface area contributed by atoms with E-state index in [4.69, 9.17) is 0 Å². The molecule has 1 atom stereocenters. The van der Waals surface area contributed by atoms with Crippen LogP contribution in [0.3, 0.4) is 0 Å². The molecule has 2 aromatic rings. The second kappa shape index (κ2) is 8.30. The van der Waals surface area contributed by atoms with Crippen molar-refractivity contribution in [3.63, 3.8) is 0 Å². The molecule has 27 heavy (non-hydrogen) atoms. The van der Waals surface area contributed by atoms with E-state index in [-0.39, 0.29) is 24.9 Å². The van der Waals surface area contributed by atoms with Crippen molar-refractivity contribution in [2.24, 2.45) is 0 Å². The first-order valence-corrected chi connectivity index (χ1v) is 9.13. The zero-order chi connectivity index (χ0) is 19.3. The third-order valence-electron chi connectivity index (χ3n) is 4.89. The number of aromatic nitrogens is 3. The summed E-state index contributed by atoms with van der Waals surface area (Å²) in [6.07, 6.45) is 4.54. The van der Waals surface area contributed by atoms with Crippen molar-refractivity contribution in [1.82, 2.24) is 25.0 Å². The number of carbonyl (C=O) groups is 2. The minimum absolute atomic E-state index is 0.0476. The summed E-state index contributed by atoms with van der Waals surface area (Å²) in [5.41, 5.74) is 0.580. The highest BCUT2D eigenvalue weighted by atomic mass is 16.3. The third kappa shape index (κ3) is 5.13. The quantitative estimate of drug-likeness (QED) is 0.808. The van der Waals surface area contributed by atoms with Crippen molar-refractivity contribution in [3.8, 4) is 0 Å². The van der Waals surface area contributed by atoms with Crippen molar-refractivity contribution >= 4 is 11.8 Å². The lowest BCUT2D eigenvalue weighted by Gasteiger charge is -2.27. The Kier molecular flexibility index (Phi) is 5.85. The highest BCUT2D eigenvalue weighted by Gasteiger charge is 2.32. The van der Waals surface area contributed by atoms with Crippen LogP contribution in [0.5, 0.6) is 0 Å². The van der Waals surface area contributed by atoms with Gasteiger partial charge in [0.1, 0.15) is 19.2 Å². The van der Waals surface area contributed by atoms with Crippen molar-refractivity contribution in [3.05, 3.63) is 48.0 Å². The fraction of sp³-hybridized carbons (Fsp3) is 0.474. The standard InChI is InChI=1S/C19H25N5O3/c1-15-4-2-5-16(10-15)18(26)21-12-19(27)6-3-8-23(9-7-19)17(25)11-24-14-20-13-22-24/h2,4-5,10,13-14,27H,3,6-9,11-12H2,1H3,(H,21,26)/t19-/m1/s1. The summed E-state index contributed by atoms with van der Waals surface area (Å²) in [4.78, 5) is 30.3. The summed E-state index contributed by atoms with van der Waals surface area (Å²) in [6, 6.07) is 7.34. The van der Waals surface area contributed by atoms with Crippen molar-refractivity contribution in [2.45, 2.75) is 38.3 Å². The summed E-state index contributed by atoms with van der Waals surface area (Å²) in [6.45, 7) is 3.28. The maximum atomic E-state index is 12.4. The molecule has 8 nitrogen and oxygen atoms in total. The van der Waals surface area contributed by atoms with Crippen LogP contribution in [0.25, 0.3) is 0 Å². The van der Waals surface area contributed by atoms with Crippen molar-refractivity contribution in [1.29, 1.82) is 0 Å². The van der Waals surface area contributed by atoms with Crippen LogP contribution in [-0.4, -0.2) is 61.8 Å². The second-order valence-electron chi connectivity index (χ2n) is 7.10. The SMILES string of the molecule is Cc1cccc(C(=O)NC[C@@]2(O)CCCN(C(=O)Cn3cncn3)CC2)c1. The van der Waals surface area contributed by atoms with Gasteiger partial charge in [0.2, 0.25) is 5.91 Å². The molecule has 2 amide bonds. The Morgan fingerprint density at radius 1 is 1.30 bits per heavy atom. The molecule has 1 aliphatic heterocycles. The third-order valence-corrected chi connectivity index (χ3v) is 4.89. The van der Waals surface area contributed by atoms with Crippen LogP contribution in [0.15, 0.2) is 36.9 Å². The topological polar surface area (TPSA) is 100 Å². The first-order chi connectivity index (χ1) is 13.0. The summed E-state index contributed by atoms with van der Waals surface area (Å²) >= 11 is 0. The normalized spacial score (nSPS) is 20.1. The Balaban J connectivity index is 1.53. The van der Waals surface area contributed by atoms with Gasteiger partial charge >= 0.3 is 0 Å². The molecule has 0 unspecified atom stereocenters. The Morgan fingerprint density at radius 3 is 2.89 bits per heavy atom. The number of hydrogen-bond donors (Lipinski definition) is 2. The van der Waals surface area contributed by atoms with Crippen molar-refractivity contribution in [2.75, 3.05) is 19.6 Å². The van der Waals surface area contributed by atoms with Crippen LogP contribution in [0, 0.1) is 6.92 Å². The van der Waals surface area contributed by atoms with E-state index in [1.807, 2.05) is 25.1 Å². The largest absolute Gasteiger partial charge is 0.388 e. The predicted octanol–water partition coefficient (Wildman–Crippen LogP) is 0.760. The van der Waals surface area contributed by atoms with E-state index in [9.17, 15) is 14.7 Å². The molecule has 8 heteroatoms. The summed E-state index contributed by atoms with van der Waals surface area (Å²) in [5, 5.41) is 17.7. The fourth-order valence-electron chi connectivity index (χ4n) is 3.29. The zero-order valence-electron chi connectivity index (χ0n) is 15.5. The first kappa shape index (κ1) is 19.0. The van der Waals surface area contributed by atoms with Gasteiger partial charge in [-0.3, -0.25) is 9.59 Å². The van der Waals surface area contributed by atoms with Gasteiger partial charge in [0.05, 0.1) is 5.60 Å². The molecule has 1 fully saturated rings. The molecule has 2 heterocycles. The number of amides is 2. The Hall–Kier alpha value is -2.74. The van der Waals surface area contributed by atoms with E-state index in [1.54, 1.807) is 11.0 Å². The summed E-state index contributed by atoms with van der Waals surface area (Å²) < 4.78 is 1.49. The number of rotatable bonds is 5. The number of carbonyl (C=O) groups excluding carboxylic acids is 2. The molecule has 0 spiro atoms. The molecule has 3 rings (SSSR count). The van der Waals surface area contributed by atoms with E-state index in [1.165, 1.54) is 17.3 Å². The average molecular weight is 371 g/mol. The maximum Gasteiger partial charge on any atom is 0.251 e. The highest BCUT2D eigenvalue weighted by Crippen LogP contribution is 2.22. The number of benzene rings is 1. The Labute approximate surface area is 158 Å². The van der Waals surface area contributed by atoms with Crippen LogP contribution >= 0.6 is 0 Å². The lowest BCUT2D eigenvalue weighted by atomic mass is 9.94. The van der Waals surface area contributed by atoms with Gasteiger partial charge < -0.3 is 15.3 Å². The molecular formula is C19H25N5O3. The Bertz CT molecular complexity index is 792. The molecule has 1 aromatic heterocycles. The molecule has 144 valence electrons. The van der Waals surface area contributed by atoms with E-state index in [0.29, 0.717) is 37.9 Å². The number of nitrogens with one attached hydrogen (secondary N) is 1. The minimum atomic E-state index is -1.01. The number of nitrogens with zero attached hydrogens (tertiary/aromatic N) is 4. The van der Waals surface area contributed by atoms with Crippen LogP contribution in [-0.2, 0) is 11.3 Å². The smallest absolute Gasteiger partial charge is 0.251 e. The second-order valence-corrected chi connectivity index (χ2v) is 7.10. The number of aliphatic hydroxyl groups is 1. The van der Waals surface area contributed by atoms with Gasteiger partial charge in [-0.05, 0) is 38.3 Å². The number of aryl methyl sites for hydroxylation is 1. The molecule has 2 N–H and O–H groups in total. The van der Waals surface area contributed by atoms with E-state index < -0.39 is 5.60 Å². The molecule has 0 radical (unpaired) electrons. The van der Waals surface area contributed by atoms with E-state index >= 15 is 0 Å². The van der Waals surface area contributed by atoms with Gasteiger partial charge in [0.25, 0.3) is 5.91 Å². The molecular weight excluding hydrogens is 346 g/mol. The van der Waals surface area contributed by atoms with E-state index in [0.717, 1.165) is 5.56 Å². The van der Waals surface area contributed by atoms with Crippen LogP contribution in [0.1, 0.15) is 35.2 Å². The highest BCUT2D eigenvalue weighted by molar-refractivity contribution is 5.94. The van der Waals surface area contributed by atoms with Gasteiger partial charge in [-0.25, -0.2) is 9.67 Å². The van der Waals surface area contributed by atoms with Crippen molar-refractivity contribution < 1.29 is 14.7 Å². The number of likely N-dealkylation sites (tertiary alicyclic amines) is 1. The van der Waals surface area contributed by atoms with E-state index in [2.05, 4.69) is 15.4 Å². The molecule has 0 aliphatic carbocycles. The molecule has 1 aliphatic rings. The number of hydrogen-bond acceptors (Lipinski definition) is 5. The molecule has 1 saturated heterocycles. The average Bonchev–Trinajstić information content (AvgIpc) is 3.07. The Morgan fingerprint density at radius 2 is 2.15 bits per heavy atom. The van der Waals surface area contributed by atoms with Crippen LogP contribution in [0.4, 0.5) is 0 Å². The van der Waals surface area contributed by atoms with Gasteiger partial charge in [-0.1, -0.05) is 17.7 Å². The van der Waals surface area contributed by atoms with Crippen LogP contribution < -0.4 is 5.32 Å². The molecule has 1 aromatic carbocycles. The summed E-state index contributed by atoms with van der Waals surface area (Å²) in [5.74, 6) is -0.246. The summed E-state index contributed by atoms with van der Waals surface area (Å²) in [7, 11) is 0. The van der Waals surface area contributed by atoms with Gasteiger partial charge in [-0.15, -0.1) is 0 Å². The van der Waals surface area contributed by atoms with Crippen LogP contribution in [0.2, 0.25) is 0 Å². The van der Waals surface area contributed by atoms with Gasteiger partial charge in [0.15, 0.2) is 0 Å². The lowest BCUT2D eigenvalue weighted by Crippen LogP contribution is -2.44. The minimum Gasteiger partial charge on any atom is -0.388 e. The lowest BCUT2D eigenvalue weighted by molar-refractivity contribution is -0.132. The monoisotopic (exact) mass is 371 g/mol. The van der Waals surface area contributed by atoms with Gasteiger partial charge in [-0.2, -0.15) is 5.10 Å². The fourth-order valence-corrected chi connectivity index (χ4v) is 3.29. The molecule has 0 saturated carbocycles. The predicted molar refractivity (Wildman–Crippen MR) is 98.9 cm³/mol. The maximum absolute atomic E-state index is 12.4. The first-order valence-electron chi connectivity index (χ1n) is 9.13. The zero-order valence-corrected chi connectivity index (χ0v) is 15.5. The molecule has 0 bridgehead atoms.